The van der Waals surface area contributed by atoms with Crippen LogP contribution in [0.4, 0.5) is 0 Å². The molecular formula is C30H42N6O6. The van der Waals surface area contributed by atoms with E-state index >= 15 is 0 Å². The lowest BCUT2D eigenvalue weighted by Gasteiger charge is -2.27. The van der Waals surface area contributed by atoms with Gasteiger partial charge in [0.2, 0.25) is 17.7 Å². The van der Waals surface area contributed by atoms with E-state index in [1.54, 1.807) is 20.0 Å². The maximum Gasteiger partial charge on any atom is 0.243 e. The summed E-state index contributed by atoms with van der Waals surface area (Å²) in [6.45, 7) is 6.31. The first-order chi connectivity index (χ1) is 20.2. The highest BCUT2D eigenvalue weighted by atomic mass is 16.6. The van der Waals surface area contributed by atoms with E-state index in [1.165, 1.54) is 0 Å². The summed E-state index contributed by atoms with van der Waals surface area (Å²) in [5.41, 5.74) is 0.811. The Balaban J connectivity index is 1.28. The predicted molar refractivity (Wildman–Crippen MR) is 154 cm³/mol. The summed E-state index contributed by atoms with van der Waals surface area (Å²) >= 11 is 0. The minimum absolute atomic E-state index is 0.128. The van der Waals surface area contributed by atoms with Gasteiger partial charge in [-0.1, -0.05) is 31.7 Å². The Morgan fingerprint density at radius 3 is 2.50 bits per heavy atom. The number of nitrogens with zero attached hydrogens (tertiary/aromatic N) is 2. The van der Waals surface area contributed by atoms with Gasteiger partial charge in [-0.05, 0) is 43.9 Å². The van der Waals surface area contributed by atoms with Crippen LogP contribution in [-0.4, -0.2) is 102 Å². The third-order valence-corrected chi connectivity index (χ3v) is 8.59. The first-order valence-corrected chi connectivity index (χ1v) is 15.0. The van der Waals surface area contributed by atoms with Crippen molar-refractivity contribution in [2.24, 2.45) is 5.92 Å². The molecule has 3 fully saturated rings. The van der Waals surface area contributed by atoms with Crippen LogP contribution in [-0.2, 0) is 35.1 Å². The Morgan fingerprint density at radius 2 is 1.79 bits per heavy atom. The molecule has 12 nitrogen and oxygen atoms in total. The zero-order valence-electron chi connectivity index (χ0n) is 24.4. The molecule has 4 N–H and O–H groups in total. The first kappa shape index (κ1) is 30.1. The normalized spacial score (nSPS) is 23.2. The Bertz CT molecular complexity index is 1280. The van der Waals surface area contributed by atoms with Crippen LogP contribution in [0, 0.1) is 5.92 Å². The predicted octanol–water partition coefficient (Wildman–Crippen LogP) is 0.850. The molecule has 3 amide bonds. The second kappa shape index (κ2) is 13.3. The molecule has 2 aliphatic heterocycles. The number of fused-ring (bicyclic) bond motifs is 1. The van der Waals surface area contributed by atoms with Gasteiger partial charge in [-0.2, -0.15) is 5.10 Å². The number of ether oxygens (including phenoxy) is 2. The lowest BCUT2D eigenvalue weighted by Crippen LogP contribution is -2.57. The fourth-order valence-electron chi connectivity index (χ4n) is 5.88. The van der Waals surface area contributed by atoms with E-state index < -0.39 is 35.5 Å². The highest BCUT2D eigenvalue weighted by molar-refractivity contribution is 5.98. The van der Waals surface area contributed by atoms with E-state index in [1.807, 2.05) is 23.1 Å². The van der Waals surface area contributed by atoms with Gasteiger partial charge in [0.15, 0.2) is 5.78 Å². The molecule has 42 heavy (non-hydrogen) atoms. The molecule has 1 saturated carbocycles. The molecule has 3 aliphatic rings. The third kappa shape index (κ3) is 7.73. The van der Waals surface area contributed by atoms with Crippen molar-refractivity contribution < 1.29 is 28.7 Å². The molecule has 5 rings (SSSR count). The van der Waals surface area contributed by atoms with Crippen LogP contribution >= 0.6 is 0 Å². The van der Waals surface area contributed by atoms with E-state index in [2.05, 4.69) is 26.1 Å². The molecule has 228 valence electrons. The van der Waals surface area contributed by atoms with Crippen molar-refractivity contribution in [3.63, 3.8) is 0 Å². The molecule has 2 saturated heterocycles. The van der Waals surface area contributed by atoms with Crippen LogP contribution in [0.1, 0.15) is 51.5 Å². The van der Waals surface area contributed by atoms with Crippen molar-refractivity contribution in [3.05, 3.63) is 30.0 Å². The Labute approximate surface area is 245 Å². The van der Waals surface area contributed by atoms with E-state index in [0.29, 0.717) is 45.2 Å². The van der Waals surface area contributed by atoms with Gasteiger partial charge in [-0.15, -0.1) is 0 Å². The molecule has 1 aliphatic carbocycles. The molecule has 4 atom stereocenters. The summed E-state index contributed by atoms with van der Waals surface area (Å²) in [6.07, 6.45) is 6.76. The summed E-state index contributed by atoms with van der Waals surface area (Å²) in [4.78, 5) is 55.0. The molecule has 1 aromatic heterocycles. The number of epoxide rings is 1. The highest BCUT2D eigenvalue weighted by Gasteiger charge is 2.50. The van der Waals surface area contributed by atoms with Gasteiger partial charge in [-0.3, -0.25) is 29.2 Å². The lowest BCUT2D eigenvalue weighted by atomic mass is 9.90. The third-order valence-electron chi connectivity index (χ3n) is 8.59. The fraction of sp³-hybridized carbons (Fsp3) is 0.633. The molecule has 0 radical (unpaired) electrons. The van der Waals surface area contributed by atoms with Gasteiger partial charge in [-0.25, -0.2) is 0 Å². The van der Waals surface area contributed by atoms with Crippen molar-refractivity contribution in [2.75, 3.05) is 39.5 Å². The van der Waals surface area contributed by atoms with Crippen molar-refractivity contribution in [3.8, 4) is 0 Å². The summed E-state index contributed by atoms with van der Waals surface area (Å²) in [7, 11) is 0. The monoisotopic (exact) mass is 582 g/mol. The number of benzene rings is 1. The molecule has 12 heteroatoms. The molecule has 0 unspecified atom stereocenters. The molecule has 2 aromatic rings. The van der Waals surface area contributed by atoms with E-state index in [-0.39, 0.29) is 24.7 Å². The number of carbonyl (C=O) groups excluding carboxylic acids is 4. The summed E-state index contributed by atoms with van der Waals surface area (Å²) in [5.74, 6) is -0.962. The number of amides is 3. The lowest BCUT2D eigenvalue weighted by molar-refractivity contribution is -0.134. The maximum atomic E-state index is 13.8. The summed E-state index contributed by atoms with van der Waals surface area (Å²) in [6, 6.07) is 3.14. The molecular weight excluding hydrogens is 540 g/mol. The largest absolute Gasteiger partial charge is 0.379 e. The average Bonchev–Trinajstić information content (AvgIpc) is 3.32. The van der Waals surface area contributed by atoms with E-state index in [9.17, 15) is 19.2 Å². The van der Waals surface area contributed by atoms with Gasteiger partial charge in [0.25, 0.3) is 0 Å². The molecule has 0 bridgehead atoms. The number of H-pyrrole nitrogens is 1. The van der Waals surface area contributed by atoms with Gasteiger partial charge < -0.3 is 25.4 Å². The SMILES string of the molecule is C[C@H](NC(=O)CN1CCOCC1)C(=O)N[C@@H](Cc1ccc2[nH]ncc2c1)C(=O)N[C@@H](CC1CCCC1)C(=O)[C@@]1(C)CO1. The molecule has 0 spiro atoms. The maximum absolute atomic E-state index is 13.8. The van der Waals surface area contributed by atoms with Crippen LogP contribution in [0.3, 0.4) is 0 Å². The van der Waals surface area contributed by atoms with Gasteiger partial charge in [0, 0.05) is 24.9 Å². The second-order valence-electron chi connectivity index (χ2n) is 12.1. The smallest absolute Gasteiger partial charge is 0.243 e. The van der Waals surface area contributed by atoms with E-state index in [0.717, 1.165) is 42.1 Å². The molecule has 3 heterocycles. The Hall–Kier alpha value is -3.35. The number of aromatic nitrogens is 2. The van der Waals surface area contributed by atoms with Crippen LogP contribution in [0.5, 0.6) is 0 Å². The quantitative estimate of drug-likeness (QED) is 0.253. The van der Waals surface area contributed by atoms with Crippen molar-refractivity contribution >= 4 is 34.4 Å². The fourth-order valence-corrected chi connectivity index (χ4v) is 5.88. The van der Waals surface area contributed by atoms with Crippen molar-refractivity contribution in [2.45, 2.75) is 76.1 Å². The first-order valence-electron chi connectivity index (χ1n) is 15.0. The zero-order chi connectivity index (χ0) is 29.7. The highest BCUT2D eigenvalue weighted by Crippen LogP contribution is 2.33. The van der Waals surface area contributed by atoms with Crippen molar-refractivity contribution in [1.29, 1.82) is 0 Å². The van der Waals surface area contributed by atoms with Crippen LogP contribution < -0.4 is 16.0 Å². The number of morpholine rings is 1. The summed E-state index contributed by atoms with van der Waals surface area (Å²) < 4.78 is 10.8. The Kier molecular flexibility index (Phi) is 9.54. The van der Waals surface area contributed by atoms with Crippen LogP contribution in [0.15, 0.2) is 24.4 Å². The zero-order valence-corrected chi connectivity index (χ0v) is 24.4. The number of hydrogen-bond donors (Lipinski definition) is 4. The summed E-state index contributed by atoms with van der Waals surface area (Å²) in [5, 5.41) is 16.4. The number of aromatic amines is 1. The van der Waals surface area contributed by atoms with Gasteiger partial charge in [0.1, 0.15) is 17.7 Å². The van der Waals surface area contributed by atoms with E-state index in [4.69, 9.17) is 9.47 Å². The number of rotatable bonds is 13. The van der Waals surface area contributed by atoms with Gasteiger partial charge >= 0.3 is 0 Å². The number of nitrogens with one attached hydrogen (secondary N) is 4. The topological polar surface area (TPSA) is 158 Å². The standard InChI is InChI=1S/C30H42N6O6/c1-19(32-26(37)17-36-9-11-41-12-10-36)28(39)34-25(15-21-7-8-23-22(13-21)16-31-35-23)29(40)33-24(14-20-5-3-4-6-20)27(38)30(2)18-42-30/h7-8,13,16,19-20,24-25H,3-6,9-12,14-15,17-18H2,1-2H3,(H,31,35)(H,32,37)(H,33,40)(H,34,39)/t19-,24-,25-,30+/m0/s1. The minimum Gasteiger partial charge on any atom is -0.379 e. The van der Waals surface area contributed by atoms with Gasteiger partial charge in [0.05, 0.1) is 44.1 Å². The minimum atomic E-state index is -0.966. The Morgan fingerprint density at radius 1 is 1.07 bits per heavy atom. The number of Topliss-reactive ketones (excluding diaryl/α,β-unsaturated/α-hetero) is 1. The van der Waals surface area contributed by atoms with Crippen molar-refractivity contribution in [1.82, 2.24) is 31.0 Å². The number of carbonyl (C=O) groups is 4. The second-order valence-corrected chi connectivity index (χ2v) is 12.1. The van der Waals surface area contributed by atoms with Crippen LogP contribution in [0.2, 0.25) is 0 Å². The number of hydrogen-bond acceptors (Lipinski definition) is 8. The van der Waals surface area contributed by atoms with Crippen LogP contribution in [0.25, 0.3) is 10.9 Å². The number of ketones is 1. The average molecular weight is 583 g/mol. The molecule has 1 aromatic carbocycles.